The summed E-state index contributed by atoms with van der Waals surface area (Å²) in [6.45, 7) is 8.71. The van der Waals surface area contributed by atoms with E-state index in [1.165, 1.54) is 11.8 Å². The number of rotatable bonds is 19. The van der Waals surface area contributed by atoms with Gasteiger partial charge in [-0.1, -0.05) is 146 Å². The van der Waals surface area contributed by atoms with Crippen molar-refractivity contribution >= 4 is 58.9 Å². The molecule has 11 aromatic rings. The van der Waals surface area contributed by atoms with Crippen LogP contribution in [0.5, 0.6) is 0 Å². The Labute approximate surface area is 588 Å². The zero-order chi connectivity index (χ0) is 72.9. The summed E-state index contributed by atoms with van der Waals surface area (Å²) in [4.78, 5) is 85.7. The minimum atomic E-state index is -0.713. The molecule has 1 fully saturated rings. The Morgan fingerprint density at radius 1 is 0.451 bits per heavy atom. The monoisotopic (exact) mass is 1370 g/mol. The van der Waals surface area contributed by atoms with Gasteiger partial charge in [0.1, 0.15) is 51.2 Å². The average Bonchev–Trinajstić information content (AvgIpc) is 1.64. The van der Waals surface area contributed by atoms with Crippen LogP contribution in [0.2, 0.25) is 0 Å². The summed E-state index contributed by atoms with van der Waals surface area (Å²) in [6.07, 6.45) is 2.61. The highest BCUT2D eigenvalue weighted by atomic mass is 16.5. The molecule has 8 aromatic carbocycles. The lowest BCUT2D eigenvalue weighted by Crippen LogP contribution is -2.24. The van der Waals surface area contributed by atoms with Gasteiger partial charge in [-0.3, -0.25) is 28.8 Å². The fraction of sp³-hybridized carbons (Fsp3) is 0.179. The zero-order valence-corrected chi connectivity index (χ0v) is 56.9. The second kappa shape index (κ2) is 32.1. The third-order valence-electron chi connectivity index (χ3n) is 17.6. The van der Waals surface area contributed by atoms with Crippen LogP contribution in [0.3, 0.4) is 0 Å². The summed E-state index contributed by atoms with van der Waals surface area (Å²) >= 11 is 0. The van der Waals surface area contributed by atoms with Gasteiger partial charge < -0.3 is 60.2 Å². The first-order valence-electron chi connectivity index (χ1n) is 32.8. The molecule has 6 amide bonds. The molecule has 2 atom stereocenters. The second-order valence-electron chi connectivity index (χ2n) is 24.6. The molecule has 0 radical (unpaired) electrons. The molecule has 24 nitrogen and oxygen atoms in total. The van der Waals surface area contributed by atoms with Crippen LogP contribution in [-0.2, 0) is 24.4 Å². The Hall–Kier alpha value is -13.0. The van der Waals surface area contributed by atoms with Gasteiger partial charge in [-0.2, -0.15) is 15.3 Å². The maximum Gasteiger partial charge on any atom is 0.337 e. The number of carbonyl (C=O) groups is 7. The largest absolute Gasteiger partial charge is 0.465 e. The molecule has 102 heavy (non-hydrogen) atoms. The minimum Gasteiger partial charge on any atom is -0.465 e. The standard InChI is InChI=1S/C27H25N5O4.C26H25N5O2.C25H29N5O3/c1-16-5-3-4-6-21(16)26(34)30-15-17-7-9-18(10-8-17)23-22(25(29)33)24(28)32(31-23)20-13-11-19(12-14-20)27(35)36-2;1-16-7-3-5-9-20(16)26(33)29-15-18-11-13-19(14-12-18)23-22(25(28)32)24(27)31(30-23)21-10-6-4-8-17(21)2;1-15-5-2-3-8-20(15)25(33)28-14-16-9-11-17(12-10-16)22-21(24(27)32)23(26)30(29-22)18-6-4-7-19(31)13-18/h3-14H,15,28H2,1-2H3,(H2,29,33)(H,30,34);3-14H,15,27H2,1-2H3,(H2,28,32)(H,29,33);2-3,5,8-12,18-19,31H,4,6-7,13-14,26H2,1H3,(H2,27,32)(H,28,33). The van der Waals surface area contributed by atoms with E-state index >= 15 is 0 Å². The number of nitrogen functional groups attached to an aromatic ring is 3. The molecule has 1 aliphatic carbocycles. The lowest BCUT2D eigenvalue weighted by atomic mass is 9.93. The van der Waals surface area contributed by atoms with Crippen LogP contribution >= 0.6 is 0 Å². The number of primary amides is 3. The first-order chi connectivity index (χ1) is 49.0. The number of methoxy groups -OCH3 is 1. The maximum atomic E-state index is 12.5. The van der Waals surface area contributed by atoms with Gasteiger partial charge in [-0.15, -0.1) is 0 Å². The number of aliphatic hydroxyl groups is 1. The molecular formula is C78H79N15O9. The number of nitrogens with two attached hydrogens (primary N) is 6. The van der Waals surface area contributed by atoms with E-state index in [0.717, 1.165) is 63.9 Å². The Bertz CT molecular complexity index is 4920. The van der Waals surface area contributed by atoms with Gasteiger partial charge in [-0.25, -0.2) is 18.8 Å². The van der Waals surface area contributed by atoms with Crippen molar-refractivity contribution in [2.24, 2.45) is 17.2 Å². The van der Waals surface area contributed by atoms with E-state index < -0.39 is 29.8 Å². The first-order valence-corrected chi connectivity index (χ1v) is 32.8. The van der Waals surface area contributed by atoms with Crippen molar-refractivity contribution in [3.8, 4) is 45.1 Å². The second-order valence-corrected chi connectivity index (χ2v) is 24.6. The number of aryl methyl sites for hydroxylation is 4. The predicted molar refractivity (Wildman–Crippen MR) is 391 cm³/mol. The molecule has 0 saturated heterocycles. The van der Waals surface area contributed by atoms with Gasteiger partial charge in [-0.05, 0) is 141 Å². The Balaban J connectivity index is 0.000000165. The lowest BCUT2D eigenvalue weighted by Gasteiger charge is -2.26. The molecule has 2 unspecified atom stereocenters. The van der Waals surface area contributed by atoms with E-state index in [9.17, 15) is 38.7 Å². The maximum absolute atomic E-state index is 12.5. The number of aromatic nitrogens is 6. The number of para-hydroxylation sites is 1. The molecule has 520 valence electrons. The summed E-state index contributed by atoms with van der Waals surface area (Å²) in [6, 6.07) is 58.3. The topological polar surface area (TPSA) is 395 Å². The molecule has 0 spiro atoms. The molecule has 0 aliphatic heterocycles. The van der Waals surface area contributed by atoms with Crippen LogP contribution in [0, 0.1) is 27.7 Å². The summed E-state index contributed by atoms with van der Waals surface area (Å²) in [5.41, 5.74) is 49.4. The number of nitrogens with zero attached hydrogens (tertiary/aromatic N) is 6. The molecule has 3 aromatic heterocycles. The highest BCUT2D eigenvalue weighted by Gasteiger charge is 2.30. The van der Waals surface area contributed by atoms with Gasteiger partial charge in [0.05, 0.1) is 36.2 Å². The molecule has 3 heterocycles. The van der Waals surface area contributed by atoms with E-state index in [4.69, 9.17) is 39.1 Å². The molecule has 1 aliphatic rings. The predicted octanol–water partition coefficient (Wildman–Crippen LogP) is 9.96. The van der Waals surface area contributed by atoms with Crippen LogP contribution in [0.25, 0.3) is 45.1 Å². The number of carbonyl (C=O) groups excluding carboxylic acids is 7. The molecule has 16 N–H and O–H groups in total. The average molecular weight is 1370 g/mol. The van der Waals surface area contributed by atoms with Crippen LogP contribution in [0.15, 0.2) is 194 Å². The van der Waals surface area contributed by atoms with E-state index in [2.05, 4.69) is 31.2 Å². The number of anilines is 3. The molecular weight excluding hydrogens is 1290 g/mol. The number of aliphatic hydroxyl groups excluding tert-OH is 1. The van der Waals surface area contributed by atoms with Crippen molar-refractivity contribution in [1.82, 2.24) is 45.3 Å². The summed E-state index contributed by atoms with van der Waals surface area (Å²) < 4.78 is 9.29. The number of hydrogen-bond donors (Lipinski definition) is 10. The quantitative estimate of drug-likeness (QED) is 0.0337. The summed E-state index contributed by atoms with van der Waals surface area (Å²) in [7, 11) is 1.30. The van der Waals surface area contributed by atoms with Gasteiger partial charge in [0.25, 0.3) is 35.4 Å². The van der Waals surface area contributed by atoms with E-state index in [-0.39, 0.29) is 57.9 Å². The van der Waals surface area contributed by atoms with Crippen molar-refractivity contribution in [2.75, 3.05) is 24.3 Å². The highest BCUT2D eigenvalue weighted by Crippen LogP contribution is 2.36. The third-order valence-corrected chi connectivity index (χ3v) is 17.6. The Morgan fingerprint density at radius 3 is 1.20 bits per heavy atom. The van der Waals surface area contributed by atoms with Crippen molar-refractivity contribution < 1.29 is 43.4 Å². The molecule has 24 heteroatoms. The van der Waals surface area contributed by atoms with Gasteiger partial charge >= 0.3 is 5.97 Å². The van der Waals surface area contributed by atoms with Gasteiger partial charge in [0.2, 0.25) is 0 Å². The van der Waals surface area contributed by atoms with Gasteiger partial charge in [0.15, 0.2) is 0 Å². The summed E-state index contributed by atoms with van der Waals surface area (Å²) in [5.74, 6) is -2.37. The Morgan fingerprint density at radius 2 is 0.814 bits per heavy atom. The number of ether oxygens (including phenoxy) is 1. The smallest absolute Gasteiger partial charge is 0.337 e. The van der Waals surface area contributed by atoms with Crippen LogP contribution < -0.4 is 50.4 Å². The fourth-order valence-corrected chi connectivity index (χ4v) is 12.0. The van der Waals surface area contributed by atoms with Crippen molar-refractivity contribution in [1.29, 1.82) is 0 Å². The molecule has 1 saturated carbocycles. The lowest BCUT2D eigenvalue weighted by molar-refractivity contribution is 0.0599. The highest BCUT2D eigenvalue weighted by molar-refractivity contribution is 6.05. The van der Waals surface area contributed by atoms with Crippen LogP contribution in [-0.4, -0.2) is 89.1 Å². The fourth-order valence-electron chi connectivity index (χ4n) is 12.0. The first kappa shape index (κ1) is 71.8. The van der Waals surface area contributed by atoms with E-state index in [1.807, 2.05) is 167 Å². The van der Waals surface area contributed by atoms with E-state index in [1.54, 1.807) is 64.0 Å². The van der Waals surface area contributed by atoms with Crippen LogP contribution in [0.4, 0.5) is 17.5 Å². The van der Waals surface area contributed by atoms with Gasteiger partial charge in [0, 0.05) is 53.0 Å². The SMILES string of the molecule is COC(=O)c1ccc(-n2nc(-c3ccc(CNC(=O)c4ccccc4C)cc3)c(C(N)=O)c2N)cc1.Cc1ccccc1C(=O)NCc1ccc(-c2nn(-c3ccccc3C)c(N)c2C(N)=O)cc1.Cc1ccccc1C(=O)NCc1ccc(-c2nn(C3CCCC(O)C3)c(N)c2C(N)=O)cc1. The number of benzene rings is 8. The minimum absolute atomic E-state index is 0.0727. The number of amides is 6. The number of hydrogen-bond acceptors (Lipinski definition) is 15. The number of esters is 1. The summed E-state index contributed by atoms with van der Waals surface area (Å²) in [5, 5.41) is 32.6. The van der Waals surface area contributed by atoms with Crippen molar-refractivity contribution in [3.05, 3.63) is 272 Å². The normalized spacial score (nSPS) is 13.1. The third kappa shape index (κ3) is 16.4. The Kier molecular flexibility index (Phi) is 22.6. The van der Waals surface area contributed by atoms with Crippen LogP contribution in [0.1, 0.15) is 143 Å². The van der Waals surface area contributed by atoms with Crippen molar-refractivity contribution in [3.63, 3.8) is 0 Å². The van der Waals surface area contributed by atoms with E-state index in [0.29, 0.717) is 87.8 Å². The van der Waals surface area contributed by atoms with Crippen molar-refractivity contribution in [2.45, 2.75) is 85.2 Å². The zero-order valence-electron chi connectivity index (χ0n) is 56.9. The number of nitrogens with one attached hydrogen (secondary N) is 3. The molecule has 12 rings (SSSR count). The molecule has 0 bridgehead atoms.